The van der Waals surface area contributed by atoms with Crippen LogP contribution in [-0.2, 0) is 10.0 Å². The molecule has 0 atom stereocenters. The van der Waals surface area contributed by atoms with Gasteiger partial charge >= 0.3 is 5.97 Å². The lowest BCUT2D eigenvalue weighted by Crippen LogP contribution is -2.38. The maximum atomic E-state index is 12.3. The fourth-order valence-corrected chi connectivity index (χ4v) is 4.65. The second-order valence-corrected chi connectivity index (χ2v) is 7.37. The number of hydrogen-bond donors (Lipinski definition) is 1. The molecule has 1 aromatic rings. The summed E-state index contributed by atoms with van der Waals surface area (Å²) in [5, 5.41) is 8.92. The molecule has 2 rings (SSSR count). The van der Waals surface area contributed by atoms with Gasteiger partial charge < -0.3 is 5.11 Å². The Balaban J connectivity index is 2.31. The van der Waals surface area contributed by atoms with E-state index in [-0.39, 0.29) is 9.90 Å². The van der Waals surface area contributed by atoms with Crippen molar-refractivity contribution in [3.05, 3.63) is 11.2 Å². The number of aromatic nitrogens is 1. The summed E-state index contributed by atoms with van der Waals surface area (Å²) in [6.45, 7) is 2.97. The van der Waals surface area contributed by atoms with E-state index in [0.29, 0.717) is 19.0 Å². The maximum absolute atomic E-state index is 12.3. The van der Waals surface area contributed by atoms with Crippen LogP contribution in [0.25, 0.3) is 0 Å². The molecule has 1 aliphatic rings. The molecule has 0 saturated carbocycles. The van der Waals surface area contributed by atoms with Crippen molar-refractivity contribution in [1.82, 2.24) is 9.29 Å². The van der Waals surface area contributed by atoms with Gasteiger partial charge in [0.1, 0.15) is 0 Å². The van der Waals surface area contributed by atoms with Gasteiger partial charge in [0.05, 0.1) is 5.51 Å². The monoisotopic (exact) mass is 290 g/mol. The quantitative estimate of drug-likeness (QED) is 0.905. The summed E-state index contributed by atoms with van der Waals surface area (Å²) in [5.74, 6) is -0.794. The molecule has 0 bridgehead atoms. The summed E-state index contributed by atoms with van der Waals surface area (Å²) in [6.07, 6.45) is 1.61. The normalized spacial score (nSPS) is 18.9. The highest BCUT2D eigenvalue weighted by atomic mass is 32.2. The summed E-state index contributed by atoms with van der Waals surface area (Å²) in [7, 11) is -3.71. The summed E-state index contributed by atoms with van der Waals surface area (Å²) >= 11 is 0.858. The van der Waals surface area contributed by atoms with Crippen molar-refractivity contribution >= 4 is 27.3 Å². The lowest BCUT2D eigenvalue weighted by molar-refractivity contribution is 0.0687. The first-order chi connectivity index (χ1) is 8.43. The number of thiazole rings is 1. The van der Waals surface area contributed by atoms with E-state index in [0.717, 1.165) is 24.2 Å². The standard InChI is InChI=1S/C10H14N2O4S2/c1-7-2-4-12(5-3-7)18(15,16)10-8(9(13)14)11-6-17-10/h6-7H,2-5H2,1H3,(H,13,14). The summed E-state index contributed by atoms with van der Waals surface area (Å²) in [4.78, 5) is 14.5. The molecule has 1 N–H and O–H groups in total. The minimum Gasteiger partial charge on any atom is -0.476 e. The number of carboxylic acids is 1. The Labute approximate surface area is 109 Å². The van der Waals surface area contributed by atoms with Crippen molar-refractivity contribution in [2.45, 2.75) is 24.0 Å². The van der Waals surface area contributed by atoms with Crippen molar-refractivity contribution < 1.29 is 18.3 Å². The van der Waals surface area contributed by atoms with Crippen LogP contribution >= 0.6 is 11.3 Å². The molecule has 2 heterocycles. The number of sulfonamides is 1. The Morgan fingerprint density at radius 1 is 1.50 bits per heavy atom. The molecule has 1 aromatic heterocycles. The molecule has 8 heteroatoms. The Bertz CT molecular complexity index is 544. The van der Waals surface area contributed by atoms with E-state index in [9.17, 15) is 13.2 Å². The first-order valence-electron chi connectivity index (χ1n) is 5.60. The number of piperidine rings is 1. The summed E-state index contributed by atoms with van der Waals surface area (Å²) < 4.78 is 25.8. The lowest BCUT2D eigenvalue weighted by atomic mass is 10.0. The van der Waals surface area contributed by atoms with Crippen LogP contribution in [0.1, 0.15) is 30.3 Å². The minimum atomic E-state index is -3.71. The molecule has 1 saturated heterocycles. The predicted molar refractivity (Wildman–Crippen MR) is 66.2 cm³/mol. The number of aromatic carboxylic acids is 1. The summed E-state index contributed by atoms with van der Waals surface area (Å²) in [6, 6.07) is 0. The zero-order valence-corrected chi connectivity index (χ0v) is 11.5. The van der Waals surface area contributed by atoms with Gasteiger partial charge in [0.15, 0.2) is 9.90 Å². The fraction of sp³-hybridized carbons (Fsp3) is 0.600. The van der Waals surface area contributed by atoms with Gasteiger partial charge in [-0.1, -0.05) is 6.92 Å². The van der Waals surface area contributed by atoms with Gasteiger partial charge in [-0.15, -0.1) is 11.3 Å². The number of carboxylic acid groups (broad SMARTS) is 1. The van der Waals surface area contributed by atoms with Crippen LogP contribution in [0.4, 0.5) is 0 Å². The summed E-state index contributed by atoms with van der Waals surface area (Å²) in [5.41, 5.74) is 0.877. The zero-order valence-electron chi connectivity index (χ0n) is 9.87. The number of nitrogens with zero attached hydrogens (tertiary/aromatic N) is 2. The minimum absolute atomic E-state index is 0.162. The van der Waals surface area contributed by atoms with E-state index < -0.39 is 16.0 Å². The third kappa shape index (κ3) is 2.40. The first kappa shape index (κ1) is 13.4. The Morgan fingerprint density at radius 3 is 2.67 bits per heavy atom. The molecule has 0 amide bonds. The van der Waals surface area contributed by atoms with Gasteiger partial charge in [-0.25, -0.2) is 18.2 Å². The first-order valence-corrected chi connectivity index (χ1v) is 7.92. The molecular weight excluding hydrogens is 276 g/mol. The van der Waals surface area contributed by atoms with Crippen LogP contribution in [0.2, 0.25) is 0 Å². The maximum Gasteiger partial charge on any atom is 0.356 e. The van der Waals surface area contributed by atoms with Crippen LogP contribution in [0.5, 0.6) is 0 Å². The van der Waals surface area contributed by atoms with Crippen molar-refractivity contribution in [2.75, 3.05) is 13.1 Å². The molecule has 0 aliphatic carbocycles. The molecule has 18 heavy (non-hydrogen) atoms. The topological polar surface area (TPSA) is 87.6 Å². The van der Waals surface area contributed by atoms with Crippen LogP contribution in [0.3, 0.4) is 0 Å². The third-order valence-corrected chi connectivity index (χ3v) is 6.30. The molecular formula is C10H14N2O4S2. The molecule has 0 unspecified atom stereocenters. The van der Waals surface area contributed by atoms with E-state index in [1.165, 1.54) is 9.82 Å². The number of rotatable bonds is 3. The predicted octanol–water partition coefficient (Wildman–Crippen LogP) is 1.26. The second-order valence-electron chi connectivity index (χ2n) is 4.38. The second kappa shape index (κ2) is 4.94. The van der Waals surface area contributed by atoms with Crippen LogP contribution in [0, 0.1) is 5.92 Å². The average Bonchev–Trinajstić information content (AvgIpc) is 2.79. The van der Waals surface area contributed by atoms with E-state index >= 15 is 0 Å². The molecule has 0 spiro atoms. The highest BCUT2D eigenvalue weighted by Crippen LogP contribution is 2.27. The highest BCUT2D eigenvalue weighted by Gasteiger charge is 2.33. The van der Waals surface area contributed by atoms with Crippen LogP contribution < -0.4 is 0 Å². The molecule has 100 valence electrons. The van der Waals surface area contributed by atoms with Crippen molar-refractivity contribution in [3.8, 4) is 0 Å². The molecule has 0 aromatic carbocycles. The SMILES string of the molecule is CC1CCN(S(=O)(=O)c2scnc2C(=O)O)CC1. The fourth-order valence-electron chi connectivity index (χ4n) is 1.90. The smallest absolute Gasteiger partial charge is 0.356 e. The Hall–Kier alpha value is -0.990. The van der Waals surface area contributed by atoms with E-state index in [2.05, 4.69) is 11.9 Å². The Morgan fingerprint density at radius 2 is 2.11 bits per heavy atom. The van der Waals surface area contributed by atoms with Crippen molar-refractivity contribution in [3.63, 3.8) is 0 Å². The van der Waals surface area contributed by atoms with E-state index in [1.54, 1.807) is 0 Å². The Kier molecular flexibility index (Phi) is 3.69. The number of carbonyl (C=O) groups is 1. The molecule has 0 radical (unpaired) electrons. The van der Waals surface area contributed by atoms with Gasteiger partial charge in [-0.05, 0) is 18.8 Å². The van der Waals surface area contributed by atoms with Gasteiger partial charge in [-0.3, -0.25) is 0 Å². The zero-order chi connectivity index (χ0) is 13.3. The molecule has 6 nitrogen and oxygen atoms in total. The highest BCUT2D eigenvalue weighted by molar-refractivity contribution is 7.91. The lowest BCUT2D eigenvalue weighted by Gasteiger charge is -2.28. The largest absolute Gasteiger partial charge is 0.476 e. The van der Waals surface area contributed by atoms with Crippen molar-refractivity contribution in [1.29, 1.82) is 0 Å². The average molecular weight is 290 g/mol. The van der Waals surface area contributed by atoms with Gasteiger partial charge in [-0.2, -0.15) is 4.31 Å². The van der Waals surface area contributed by atoms with Gasteiger partial charge in [0.2, 0.25) is 0 Å². The van der Waals surface area contributed by atoms with Gasteiger partial charge in [0, 0.05) is 13.1 Å². The van der Waals surface area contributed by atoms with Crippen LogP contribution in [0.15, 0.2) is 9.72 Å². The van der Waals surface area contributed by atoms with E-state index in [4.69, 9.17) is 5.11 Å². The van der Waals surface area contributed by atoms with Crippen molar-refractivity contribution in [2.24, 2.45) is 5.92 Å². The van der Waals surface area contributed by atoms with E-state index in [1.807, 2.05) is 0 Å². The van der Waals surface area contributed by atoms with Gasteiger partial charge in [0.25, 0.3) is 10.0 Å². The number of hydrogen-bond acceptors (Lipinski definition) is 5. The molecule has 1 aliphatic heterocycles. The molecule has 1 fully saturated rings. The third-order valence-electron chi connectivity index (χ3n) is 3.05. The van der Waals surface area contributed by atoms with Crippen LogP contribution in [-0.4, -0.2) is 41.9 Å².